The Morgan fingerprint density at radius 2 is 2.21 bits per heavy atom. The van der Waals surface area contributed by atoms with Crippen molar-refractivity contribution in [2.45, 2.75) is 32.4 Å². The summed E-state index contributed by atoms with van der Waals surface area (Å²) in [6.45, 7) is 4.40. The minimum absolute atomic E-state index is 0.114. The van der Waals surface area contributed by atoms with Crippen LogP contribution in [0.2, 0.25) is 5.02 Å². The third-order valence-corrected chi connectivity index (χ3v) is 4.57. The van der Waals surface area contributed by atoms with Gasteiger partial charge in [-0.2, -0.15) is 0 Å². The van der Waals surface area contributed by atoms with Gasteiger partial charge in [-0.05, 0) is 24.6 Å². The molecule has 2 unspecified atom stereocenters. The van der Waals surface area contributed by atoms with Gasteiger partial charge in [0.05, 0.1) is 11.1 Å². The molecule has 0 saturated heterocycles. The van der Waals surface area contributed by atoms with Crippen LogP contribution in [0.5, 0.6) is 0 Å². The summed E-state index contributed by atoms with van der Waals surface area (Å²) in [5.74, 6) is 0. The van der Waals surface area contributed by atoms with Crippen LogP contribution in [-0.2, 0) is 4.74 Å². The van der Waals surface area contributed by atoms with Crippen LogP contribution in [0.25, 0.3) is 0 Å². The zero-order valence-corrected chi connectivity index (χ0v) is 12.9. The summed E-state index contributed by atoms with van der Waals surface area (Å²) < 4.78 is 5.44. The third-order valence-electron chi connectivity index (χ3n) is 4.04. The van der Waals surface area contributed by atoms with Gasteiger partial charge in [0.25, 0.3) is 0 Å². The van der Waals surface area contributed by atoms with Gasteiger partial charge in [0.2, 0.25) is 0 Å². The molecule has 1 aromatic carbocycles. The monoisotopic (exact) mass is 298 g/mol. The van der Waals surface area contributed by atoms with E-state index in [9.17, 15) is 0 Å². The van der Waals surface area contributed by atoms with E-state index in [1.807, 2.05) is 18.2 Å². The fraction of sp³-hybridized carbons (Fsp3) is 0.500. The largest absolute Gasteiger partial charge is 0.389 e. The fourth-order valence-corrected chi connectivity index (χ4v) is 3.05. The number of ether oxygens (including phenoxy) is 1. The highest BCUT2D eigenvalue weighted by Crippen LogP contribution is 2.44. The van der Waals surface area contributed by atoms with E-state index >= 15 is 0 Å². The van der Waals surface area contributed by atoms with Crippen LogP contribution in [0.3, 0.4) is 0 Å². The third kappa shape index (κ3) is 2.71. The highest BCUT2D eigenvalue weighted by molar-refractivity contribution is 7.80. The fourth-order valence-electron chi connectivity index (χ4n) is 2.54. The van der Waals surface area contributed by atoms with Gasteiger partial charge >= 0.3 is 0 Å². The summed E-state index contributed by atoms with van der Waals surface area (Å²) in [5.41, 5.74) is 7.40. The number of rotatable bonds is 4. The highest BCUT2D eigenvalue weighted by Gasteiger charge is 2.48. The lowest BCUT2D eigenvalue weighted by Crippen LogP contribution is -2.57. The maximum Gasteiger partial charge on any atom is 0.105 e. The van der Waals surface area contributed by atoms with Crippen LogP contribution in [0.4, 0.5) is 5.69 Å². The van der Waals surface area contributed by atoms with Crippen LogP contribution in [0.1, 0.15) is 25.8 Å². The number of methoxy groups -OCH3 is 1. The minimum Gasteiger partial charge on any atom is -0.389 e. The topological polar surface area (TPSA) is 47.3 Å². The molecule has 0 heterocycles. The second-order valence-corrected chi connectivity index (χ2v) is 6.38. The van der Waals surface area contributed by atoms with Crippen molar-refractivity contribution in [1.82, 2.24) is 0 Å². The van der Waals surface area contributed by atoms with Crippen molar-refractivity contribution < 1.29 is 4.74 Å². The number of hydrogen-bond donors (Lipinski definition) is 2. The number of nitrogens with two attached hydrogens (primary N) is 1. The Labute approximate surface area is 124 Å². The Kier molecular flexibility index (Phi) is 4.04. The van der Waals surface area contributed by atoms with Crippen molar-refractivity contribution in [2.75, 3.05) is 12.4 Å². The molecule has 1 saturated carbocycles. The van der Waals surface area contributed by atoms with Crippen molar-refractivity contribution in [3.05, 3.63) is 28.8 Å². The maximum absolute atomic E-state index is 6.16. The Morgan fingerprint density at radius 1 is 1.53 bits per heavy atom. The molecule has 19 heavy (non-hydrogen) atoms. The Hall–Kier alpha value is -0.840. The average molecular weight is 299 g/mol. The molecule has 3 N–H and O–H groups in total. The number of benzene rings is 1. The Morgan fingerprint density at radius 3 is 2.68 bits per heavy atom. The molecule has 0 aromatic heterocycles. The molecular formula is C14H19ClN2OS. The molecule has 1 aromatic rings. The van der Waals surface area contributed by atoms with Gasteiger partial charge in [-0.1, -0.05) is 37.7 Å². The van der Waals surface area contributed by atoms with Crippen molar-refractivity contribution in [1.29, 1.82) is 0 Å². The van der Waals surface area contributed by atoms with Gasteiger partial charge in [0, 0.05) is 29.8 Å². The highest BCUT2D eigenvalue weighted by atomic mass is 35.5. The quantitative estimate of drug-likeness (QED) is 0.838. The standard InChI is InChI=1S/C14H19ClN2OS/c1-14(2)11(7-12(14)18-3)17-8-4-5-9(13(16)19)10(15)6-8/h4-6,11-12,17H,7H2,1-3H3,(H2,16,19). The smallest absolute Gasteiger partial charge is 0.105 e. The van der Waals surface area contributed by atoms with Crippen molar-refractivity contribution in [3.8, 4) is 0 Å². The van der Waals surface area contributed by atoms with E-state index in [0.717, 1.165) is 12.1 Å². The number of halogens is 1. The average Bonchev–Trinajstić information content (AvgIpc) is 2.33. The number of thiocarbonyl (C=S) groups is 1. The molecule has 3 nitrogen and oxygen atoms in total. The molecule has 104 valence electrons. The van der Waals surface area contributed by atoms with Gasteiger partial charge in [0.1, 0.15) is 4.99 Å². The minimum atomic E-state index is 0.114. The maximum atomic E-state index is 6.16. The summed E-state index contributed by atoms with van der Waals surface area (Å²) in [7, 11) is 1.76. The van der Waals surface area contributed by atoms with Gasteiger partial charge in [-0.25, -0.2) is 0 Å². The van der Waals surface area contributed by atoms with E-state index in [4.69, 9.17) is 34.3 Å². The number of hydrogen-bond acceptors (Lipinski definition) is 3. The Bertz CT molecular complexity index is 504. The molecule has 0 aliphatic heterocycles. The molecular weight excluding hydrogens is 280 g/mol. The lowest BCUT2D eigenvalue weighted by molar-refractivity contribution is -0.0794. The number of anilines is 1. The summed E-state index contributed by atoms with van der Waals surface area (Å²) in [6, 6.07) is 6.05. The molecule has 5 heteroatoms. The molecule has 0 bridgehead atoms. The van der Waals surface area contributed by atoms with Gasteiger partial charge in [-0.3, -0.25) is 0 Å². The second kappa shape index (κ2) is 5.27. The first-order valence-electron chi connectivity index (χ1n) is 6.25. The van der Waals surface area contributed by atoms with E-state index in [2.05, 4.69) is 19.2 Å². The predicted molar refractivity (Wildman–Crippen MR) is 83.9 cm³/mol. The lowest BCUT2D eigenvalue weighted by atomic mass is 9.64. The van der Waals surface area contributed by atoms with Crippen molar-refractivity contribution in [3.63, 3.8) is 0 Å². The van der Waals surface area contributed by atoms with Crippen LogP contribution >= 0.6 is 23.8 Å². The van der Waals surface area contributed by atoms with E-state index in [1.165, 1.54) is 0 Å². The first kappa shape index (κ1) is 14.6. The lowest BCUT2D eigenvalue weighted by Gasteiger charge is -2.51. The molecule has 1 aliphatic carbocycles. The first-order chi connectivity index (χ1) is 8.86. The predicted octanol–water partition coefficient (Wildman–Crippen LogP) is 3.20. The molecule has 2 rings (SSSR count). The molecule has 2 atom stereocenters. The molecule has 1 fully saturated rings. The molecule has 0 radical (unpaired) electrons. The van der Waals surface area contributed by atoms with Crippen LogP contribution in [-0.4, -0.2) is 24.2 Å². The Balaban J connectivity index is 2.09. The van der Waals surface area contributed by atoms with E-state index in [1.54, 1.807) is 7.11 Å². The molecule has 0 spiro atoms. The summed E-state index contributed by atoms with van der Waals surface area (Å²) in [5, 5.41) is 4.07. The number of nitrogens with one attached hydrogen (secondary N) is 1. The summed E-state index contributed by atoms with van der Waals surface area (Å²) in [6.07, 6.45) is 1.30. The van der Waals surface area contributed by atoms with Crippen molar-refractivity contribution >= 4 is 34.5 Å². The van der Waals surface area contributed by atoms with Crippen LogP contribution < -0.4 is 11.1 Å². The SMILES string of the molecule is COC1CC(Nc2ccc(C(N)=S)c(Cl)c2)C1(C)C. The van der Waals surface area contributed by atoms with E-state index < -0.39 is 0 Å². The summed E-state index contributed by atoms with van der Waals surface area (Å²) in [4.78, 5) is 0.319. The van der Waals surface area contributed by atoms with Crippen LogP contribution in [0.15, 0.2) is 18.2 Å². The van der Waals surface area contributed by atoms with Gasteiger partial charge in [-0.15, -0.1) is 0 Å². The second-order valence-electron chi connectivity index (χ2n) is 5.54. The molecule has 1 aliphatic rings. The normalized spacial score (nSPS) is 24.6. The summed E-state index contributed by atoms with van der Waals surface area (Å²) >= 11 is 11.1. The zero-order chi connectivity index (χ0) is 14.2. The zero-order valence-electron chi connectivity index (χ0n) is 11.4. The van der Waals surface area contributed by atoms with E-state index in [0.29, 0.717) is 27.7 Å². The van der Waals surface area contributed by atoms with Gasteiger partial charge in [0.15, 0.2) is 0 Å². The van der Waals surface area contributed by atoms with Crippen molar-refractivity contribution in [2.24, 2.45) is 11.1 Å². The van der Waals surface area contributed by atoms with Crippen LogP contribution in [0, 0.1) is 5.41 Å². The molecule has 0 amide bonds. The van der Waals surface area contributed by atoms with E-state index in [-0.39, 0.29) is 5.41 Å². The first-order valence-corrected chi connectivity index (χ1v) is 7.03. The van der Waals surface area contributed by atoms with Gasteiger partial charge < -0.3 is 15.8 Å².